The van der Waals surface area contributed by atoms with Gasteiger partial charge in [0.15, 0.2) is 5.78 Å². The van der Waals surface area contributed by atoms with Gasteiger partial charge in [-0.1, -0.05) is 42.5 Å². The molecule has 3 heteroatoms. The maximum atomic E-state index is 13.5. The van der Waals surface area contributed by atoms with Crippen molar-refractivity contribution < 1.29 is 9.58 Å². The van der Waals surface area contributed by atoms with Crippen LogP contribution in [0.2, 0.25) is 0 Å². The number of hydrogen-bond acceptors (Lipinski definition) is 1. The van der Waals surface area contributed by atoms with Crippen molar-refractivity contribution in [3.05, 3.63) is 111 Å². The Bertz CT molecular complexity index is 1050. The van der Waals surface area contributed by atoms with E-state index < -0.39 is 0 Å². The van der Waals surface area contributed by atoms with Crippen molar-refractivity contribution in [2.75, 3.05) is 0 Å². The summed E-state index contributed by atoms with van der Waals surface area (Å²) < 4.78 is 0. The first-order valence-corrected chi connectivity index (χ1v) is 8.94. The Kier molecular flexibility index (Phi) is 5.16. The van der Waals surface area contributed by atoms with Gasteiger partial charge >= 0.3 is 5.71 Å². The molecule has 0 saturated heterocycles. The molecule has 0 bridgehead atoms. The lowest BCUT2D eigenvalue weighted by molar-refractivity contribution is -0.00286. The molecule has 0 aliphatic rings. The summed E-state index contributed by atoms with van der Waals surface area (Å²) in [4.78, 5) is 17.0. The van der Waals surface area contributed by atoms with E-state index in [4.69, 9.17) is 0 Å². The third-order valence-corrected chi connectivity index (χ3v) is 5.17. The Morgan fingerprint density at radius 2 is 1.30 bits per heavy atom. The van der Waals surface area contributed by atoms with Crippen LogP contribution >= 0.6 is 0 Å². The fourth-order valence-electron chi connectivity index (χ4n) is 3.44. The van der Waals surface area contributed by atoms with Crippen molar-refractivity contribution in [1.82, 2.24) is 0 Å². The average Bonchev–Trinajstić information content (AvgIpc) is 2.68. The molecule has 0 atom stereocenters. The van der Waals surface area contributed by atoms with Gasteiger partial charge in [-0.3, -0.25) is 4.79 Å². The Balaban J connectivity index is 2.22. The van der Waals surface area contributed by atoms with Gasteiger partial charge in [0.2, 0.25) is 0 Å². The van der Waals surface area contributed by atoms with Crippen LogP contribution in [0.4, 0.5) is 0 Å². The van der Waals surface area contributed by atoms with Crippen LogP contribution < -0.4 is 0 Å². The Hall–Kier alpha value is -3.29. The predicted molar refractivity (Wildman–Crippen MR) is 109 cm³/mol. The number of hydrogen-bond donors (Lipinski definition) is 0. The van der Waals surface area contributed by atoms with Crippen LogP contribution in [0, 0.1) is 27.7 Å². The molecule has 3 aromatic carbocycles. The smallest absolute Gasteiger partial charge is 0.330 e. The van der Waals surface area contributed by atoms with Gasteiger partial charge in [-0.15, -0.1) is 0 Å². The van der Waals surface area contributed by atoms with Crippen LogP contribution in [0.15, 0.2) is 60.7 Å². The second-order valence-electron chi connectivity index (χ2n) is 6.82. The molecule has 3 rings (SSSR count). The molecule has 3 aromatic rings. The largest absolute Gasteiger partial charge is 0.361 e. The first kappa shape index (κ1) is 18.5. The molecule has 3 nitrogen and oxygen atoms in total. The maximum Gasteiger partial charge on any atom is 0.330 e. The molecule has 134 valence electrons. The molecule has 0 aliphatic carbocycles. The van der Waals surface area contributed by atoms with E-state index in [9.17, 15) is 10.3 Å². The van der Waals surface area contributed by atoms with E-state index in [0.29, 0.717) is 16.8 Å². The molecule has 0 N–H and O–H groups in total. The van der Waals surface area contributed by atoms with Crippen LogP contribution in [-0.2, 0) is 0 Å². The molecule has 0 fully saturated rings. The first-order valence-electron chi connectivity index (χ1n) is 8.94. The summed E-state index contributed by atoms with van der Waals surface area (Å²) in [6.45, 7) is 8.01. The van der Waals surface area contributed by atoms with Crippen molar-refractivity contribution in [2.45, 2.75) is 27.7 Å². The Morgan fingerprint density at radius 3 is 1.85 bits per heavy atom. The zero-order valence-electron chi connectivity index (χ0n) is 16.1. The summed E-state index contributed by atoms with van der Waals surface area (Å²) in [5.74, 6) is -0.0514. The molecule has 0 amide bonds. The average molecular weight is 354 g/mol. The molecular weight excluding hydrogens is 332 g/mol. The minimum Gasteiger partial charge on any atom is -0.361 e. The fraction of sp³-hybridized carbons (Fsp3) is 0.167. The molecule has 0 aromatic heterocycles. The molecular formula is C24H22N2O. The normalized spacial score (nSPS) is 10.4. The topological polar surface area (TPSA) is 53.5 Å². The van der Waals surface area contributed by atoms with Gasteiger partial charge in [0, 0.05) is 11.1 Å². The quantitative estimate of drug-likeness (QED) is 0.274. The number of rotatable bonds is 4. The summed E-state index contributed by atoms with van der Waals surface area (Å²) in [7, 11) is 0. The lowest BCUT2D eigenvalue weighted by Crippen LogP contribution is -2.15. The van der Waals surface area contributed by atoms with Crippen LogP contribution in [0.5, 0.6) is 0 Å². The van der Waals surface area contributed by atoms with Crippen molar-refractivity contribution in [3.63, 3.8) is 0 Å². The van der Waals surface area contributed by atoms with Gasteiger partial charge in [-0.2, -0.15) is 4.79 Å². The minimum atomic E-state index is -0.0514. The van der Waals surface area contributed by atoms with Gasteiger partial charge in [0.25, 0.3) is 0 Å². The molecule has 0 heterocycles. The number of nitrogens with zero attached hydrogens (tertiary/aromatic N) is 2. The number of aryl methyl sites for hydroxylation is 2. The standard InChI is InChI=1S/C24H22N2O/c1-15-14-16(2)18(4)22(17(15)3)24(27)21-13-9-8-12-20(21)23(26-25)19-10-6-5-7-11-19/h5-14H,1-4H3. The Labute approximate surface area is 159 Å². The zero-order chi connectivity index (χ0) is 19.6. The van der Waals surface area contributed by atoms with Crippen molar-refractivity contribution >= 4 is 11.5 Å². The highest BCUT2D eigenvalue weighted by Gasteiger charge is 2.25. The zero-order valence-corrected chi connectivity index (χ0v) is 16.1. The molecule has 0 saturated carbocycles. The Morgan fingerprint density at radius 1 is 0.778 bits per heavy atom. The number of ketones is 1. The van der Waals surface area contributed by atoms with E-state index in [0.717, 1.165) is 33.4 Å². The maximum absolute atomic E-state index is 13.5. The number of carbonyl (C=O) groups excluding carboxylic acids is 1. The summed E-state index contributed by atoms with van der Waals surface area (Å²) in [6, 6.07) is 18.8. The third kappa shape index (κ3) is 3.38. The highest BCUT2D eigenvalue weighted by atomic mass is 16.1. The molecule has 0 aliphatic heterocycles. The van der Waals surface area contributed by atoms with E-state index >= 15 is 0 Å². The van der Waals surface area contributed by atoms with E-state index in [1.165, 1.54) is 0 Å². The molecule has 0 radical (unpaired) electrons. The van der Waals surface area contributed by atoms with E-state index in [1.54, 1.807) is 6.07 Å². The molecule has 0 spiro atoms. The van der Waals surface area contributed by atoms with Gasteiger partial charge in [-0.05, 0) is 68.1 Å². The monoisotopic (exact) mass is 354 g/mol. The van der Waals surface area contributed by atoms with Crippen molar-refractivity contribution in [3.8, 4) is 0 Å². The minimum absolute atomic E-state index is 0.0514. The van der Waals surface area contributed by atoms with Crippen LogP contribution in [0.25, 0.3) is 5.53 Å². The first-order chi connectivity index (χ1) is 13.0. The van der Waals surface area contributed by atoms with Crippen molar-refractivity contribution in [2.24, 2.45) is 0 Å². The second-order valence-corrected chi connectivity index (χ2v) is 6.82. The molecule has 0 unspecified atom stereocenters. The fourth-order valence-corrected chi connectivity index (χ4v) is 3.44. The van der Waals surface area contributed by atoms with E-state index in [-0.39, 0.29) is 5.78 Å². The van der Waals surface area contributed by atoms with Crippen molar-refractivity contribution in [1.29, 1.82) is 0 Å². The summed E-state index contributed by atoms with van der Waals surface area (Å²) in [5, 5.41) is 0. The van der Waals surface area contributed by atoms with Crippen LogP contribution in [0.3, 0.4) is 0 Å². The summed E-state index contributed by atoms with van der Waals surface area (Å²) in [5.41, 5.74) is 16.9. The molecule has 27 heavy (non-hydrogen) atoms. The van der Waals surface area contributed by atoms with Gasteiger partial charge in [0.1, 0.15) is 0 Å². The highest BCUT2D eigenvalue weighted by Crippen LogP contribution is 2.26. The SMILES string of the molecule is Cc1cc(C)c(C)c(C(=O)c2ccccc2C(=[N+]=[N-])c2ccccc2)c1C. The van der Waals surface area contributed by atoms with Gasteiger partial charge in [-0.25, -0.2) is 0 Å². The third-order valence-electron chi connectivity index (χ3n) is 5.17. The van der Waals surface area contributed by atoms with Crippen LogP contribution in [0.1, 0.15) is 49.3 Å². The van der Waals surface area contributed by atoms with Gasteiger partial charge < -0.3 is 5.53 Å². The van der Waals surface area contributed by atoms with Crippen LogP contribution in [-0.4, -0.2) is 16.3 Å². The van der Waals surface area contributed by atoms with E-state index in [2.05, 4.69) is 10.9 Å². The van der Waals surface area contributed by atoms with Gasteiger partial charge in [0.05, 0.1) is 11.1 Å². The lowest BCUT2D eigenvalue weighted by atomic mass is 9.86. The predicted octanol–water partition coefficient (Wildman–Crippen LogP) is 5.22. The lowest BCUT2D eigenvalue weighted by Gasteiger charge is -2.15. The number of carbonyl (C=O) groups is 1. The highest BCUT2D eigenvalue weighted by molar-refractivity contribution is 6.20. The second kappa shape index (κ2) is 7.53. The summed E-state index contributed by atoms with van der Waals surface area (Å²) >= 11 is 0. The van der Waals surface area contributed by atoms with E-state index in [1.807, 2.05) is 76.2 Å². The summed E-state index contributed by atoms with van der Waals surface area (Å²) in [6.07, 6.45) is 0. The number of benzene rings is 3.